The molecule has 0 radical (unpaired) electrons. The Balaban J connectivity index is 1.72. The number of benzene rings is 1. The van der Waals surface area contributed by atoms with Gasteiger partial charge in [0.2, 0.25) is 0 Å². The number of nitrogens with zero attached hydrogens (tertiary/aromatic N) is 2. The molecule has 2 heterocycles. The monoisotopic (exact) mass is 340 g/mol. The third kappa shape index (κ3) is 3.95. The normalized spacial score (nSPS) is 14.0. The zero-order valence-corrected chi connectivity index (χ0v) is 14.0. The van der Waals surface area contributed by atoms with Crippen LogP contribution in [0.15, 0.2) is 42.6 Å². The second kappa shape index (κ2) is 7.76. The molecule has 0 saturated carbocycles. The molecule has 2 aromatic rings. The molecule has 0 unspecified atom stereocenters. The molecule has 25 heavy (non-hydrogen) atoms. The van der Waals surface area contributed by atoms with E-state index < -0.39 is 0 Å². The summed E-state index contributed by atoms with van der Waals surface area (Å²) in [6.07, 6.45) is 1.54. The number of pyridine rings is 1. The van der Waals surface area contributed by atoms with Gasteiger partial charge in [0.15, 0.2) is 0 Å². The van der Waals surface area contributed by atoms with Gasteiger partial charge in [-0.15, -0.1) is 0 Å². The smallest absolute Gasteiger partial charge is 0.257 e. The van der Waals surface area contributed by atoms with Crippen molar-refractivity contribution in [2.24, 2.45) is 0 Å². The molecule has 1 aromatic carbocycles. The fourth-order valence-corrected chi connectivity index (χ4v) is 2.62. The van der Waals surface area contributed by atoms with Gasteiger partial charge in [0, 0.05) is 26.3 Å². The molecule has 1 aromatic heterocycles. The van der Waals surface area contributed by atoms with Crippen LogP contribution in [0.3, 0.4) is 0 Å². The van der Waals surface area contributed by atoms with E-state index in [0.29, 0.717) is 30.0 Å². The van der Waals surface area contributed by atoms with Crippen molar-refractivity contribution in [3.8, 4) is 0 Å². The highest BCUT2D eigenvalue weighted by molar-refractivity contribution is 6.08. The Morgan fingerprint density at radius 1 is 1.08 bits per heavy atom. The Bertz CT molecular complexity index is 755. The first-order valence-corrected chi connectivity index (χ1v) is 8.10. The van der Waals surface area contributed by atoms with Gasteiger partial charge in [0.05, 0.1) is 30.0 Å². The van der Waals surface area contributed by atoms with Crippen LogP contribution in [0.5, 0.6) is 0 Å². The minimum Gasteiger partial charge on any atom is -0.378 e. The molecular formula is C18H20N4O3. The number of para-hydroxylation sites is 1. The van der Waals surface area contributed by atoms with Crippen LogP contribution in [0.1, 0.15) is 20.7 Å². The van der Waals surface area contributed by atoms with E-state index in [1.165, 1.54) is 0 Å². The van der Waals surface area contributed by atoms with Gasteiger partial charge in [0.1, 0.15) is 5.82 Å². The summed E-state index contributed by atoms with van der Waals surface area (Å²) in [5.74, 6) is 0.264. The zero-order valence-electron chi connectivity index (χ0n) is 14.0. The molecule has 0 aliphatic carbocycles. The van der Waals surface area contributed by atoms with Crippen LogP contribution in [-0.4, -0.2) is 50.1 Å². The Labute approximate surface area is 146 Å². The molecule has 0 atom stereocenters. The van der Waals surface area contributed by atoms with Gasteiger partial charge >= 0.3 is 0 Å². The molecule has 2 amide bonds. The van der Waals surface area contributed by atoms with Crippen LogP contribution >= 0.6 is 0 Å². The van der Waals surface area contributed by atoms with Crippen molar-refractivity contribution < 1.29 is 14.3 Å². The standard InChI is InChI=1S/C18H20N4O3/c1-19-18(24)14-4-2-3-5-15(14)21-17(23)13-6-7-16(20-12-13)22-8-10-25-11-9-22/h2-7,12H,8-11H2,1H3,(H,19,24)(H,21,23). The van der Waals surface area contributed by atoms with Crippen molar-refractivity contribution in [2.75, 3.05) is 43.6 Å². The van der Waals surface area contributed by atoms with Crippen LogP contribution < -0.4 is 15.5 Å². The molecule has 0 bridgehead atoms. The lowest BCUT2D eigenvalue weighted by Gasteiger charge is -2.27. The largest absolute Gasteiger partial charge is 0.378 e. The number of hydrogen-bond donors (Lipinski definition) is 2. The molecule has 1 fully saturated rings. The predicted octanol–water partition coefficient (Wildman–Crippen LogP) is 1.53. The van der Waals surface area contributed by atoms with Gasteiger partial charge in [0.25, 0.3) is 11.8 Å². The number of carbonyl (C=O) groups excluding carboxylic acids is 2. The molecule has 7 heteroatoms. The topological polar surface area (TPSA) is 83.6 Å². The van der Waals surface area contributed by atoms with Crippen molar-refractivity contribution in [1.29, 1.82) is 0 Å². The summed E-state index contributed by atoms with van der Waals surface area (Å²) in [6.45, 7) is 2.94. The Kier molecular flexibility index (Phi) is 5.25. The maximum atomic E-state index is 12.4. The molecule has 1 aliphatic rings. The van der Waals surface area contributed by atoms with Gasteiger partial charge in [-0.1, -0.05) is 12.1 Å². The van der Waals surface area contributed by atoms with Crippen molar-refractivity contribution >= 4 is 23.3 Å². The first-order chi connectivity index (χ1) is 12.2. The number of nitrogens with one attached hydrogen (secondary N) is 2. The number of aromatic nitrogens is 1. The van der Waals surface area contributed by atoms with E-state index in [2.05, 4.69) is 20.5 Å². The van der Waals surface area contributed by atoms with E-state index in [1.54, 1.807) is 43.6 Å². The minimum atomic E-state index is -0.308. The summed E-state index contributed by atoms with van der Waals surface area (Å²) in [6, 6.07) is 10.4. The Morgan fingerprint density at radius 2 is 1.84 bits per heavy atom. The third-order valence-corrected chi connectivity index (χ3v) is 3.99. The lowest BCUT2D eigenvalue weighted by atomic mass is 10.1. The number of hydrogen-bond acceptors (Lipinski definition) is 5. The molecule has 1 saturated heterocycles. The highest BCUT2D eigenvalue weighted by Crippen LogP contribution is 2.17. The minimum absolute atomic E-state index is 0.253. The number of rotatable bonds is 4. The SMILES string of the molecule is CNC(=O)c1ccccc1NC(=O)c1ccc(N2CCOCC2)nc1. The van der Waals surface area contributed by atoms with Crippen LogP contribution in [0, 0.1) is 0 Å². The first-order valence-electron chi connectivity index (χ1n) is 8.10. The fourth-order valence-electron chi connectivity index (χ4n) is 2.62. The molecule has 7 nitrogen and oxygen atoms in total. The second-order valence-electron chi connectivity index (χ2n) is 5.58. The first kappa shape index (κ1) is 16.9. The Morgan fingerprint density at radius 3 is 2.52 bits per heavy atom. The summed E-state index contributed by atoms with van der Waals surface area (Å²) in [7, 11) is 1.55. The molecule has 3 rings (SSSR count). The van der Waals surface area contributed by atoms with Gasteiger partial charge in [-0.3, -0.25) is 9.59 Å². The number of anilines is 2. The highest BCUT2D eigenvalue weighted by atomic mass is 16.5. The van der Waals surface area contributed by atoms with Gasteiger partial charge in [-0.05, 0) is 24.3 Å². The number of amides is 2. The van der Waals surface area contributed by atoms with Crippen molar-refractivity contribution in [1.82, 2.24) is 10.3 Å². The van der Waals surface area contributed by atoms with Crippen LogP contribution in [0.2, 0.25) is 0 Å². The quantitative estimate of drug-likeness (QED) is 0.882. The highest BCUT2D eigenvalue weighted by Gasteiger charge is 2.15. The number of ether oxygens (including phenoxy) is 1. The Hall–Kier alpha value is -2.93. The second-order valence-corrected chi connectivity index (χ2v) is 5.58. The van der Waals surface area contributed by atoms with Crippen LogP contribution in [-0.2, 0) is 4.74 Å². The number of carbonyl (C=O) groups is 2. The average molecular weight is 340 g/mol. The van der Waals surface area contributed by atoms with Crippen LogP contribution in [0.4, 0.5) is 11.5 Å². The summed E-state index contributed by atoms with van der Waals surface area (Å²) in [5, 5.41) is 5.33. The summed E-state index contributed by atoms with van der Waals surface area (Å²) in [4.78, 5) is 30.8. The van der Waals surface area contributed by atoms with Gasteiger partial charge in [-0.25, -0.2) is 4.98 Å². The van der Waals surface area contributed by atoms with E-state index in [9.17, 15) is 9.59 Å². The van der Waals surface area contributed by atoms with E-state index in [4.69, 9.17) is 4.74 Å². The lowest BCUT2D eigenvalue weighted by molar-refractivity contribution is 0.0964. The average Bonchev–Trinajstić information content (AvgIpc) is 2.68. The maximum Gasteiger partial charge on any atom is 0.257 e. The summed E-state index contributed by atoms with van der Waals surface area (Å²) in [5.41, 5.74) is 1.31. The van der Waals surface area contributed by atoms with E-state index in [1.807, 2.05) is 6.07 Å². The molecule has 130 valence electrons. The third-order valence-electron chi connectivity index (χ3n) is 3.99. The fraction of sp³-hybridized carbons (Fsp3) is 0.278. The summed E-state index contributed by atoms with van der Waals surface area (Å²) >= 11 is 0. The van der Waals surface area contributed by atoms with Crippen molar-refractivity contribution in [3.63, 3.8) is 0 Å². The lowest BCUT2D eigenvalue weighted by Crippen LogP contribution is -2.36. The number of morpholine rings is 1. The molecule has 1 aliphatic heterocycles. The van der Waals surface area contributed by atoms with E-state index >= 15 is 0 Å². The van der Waals surface area contributed by atoms with Crippen molar-refractivity contribution in [2.45, 2.75) is 0 Å². The maximum absolute atomic E-state index is 12.4. The van der Waals surface area contributed by atoms with Gasteiger partial charge in [-0.2, -0.15) is 0 Å². The van der Waals surface area contributed by atoms with E-state index in [0.717, 1.165) is 18.9 Å². The molecule has 2 N–H and O–H groups in total. The van der Waals surface area contributed by atoms with Crippen molar-refractivity contribution in [3.05, 3.63) is 53.7 Å². The zero-order chi connectivity index (χ0) is 17.6. The predicted molar refractivity (Wildman–Crippen MR) is 95.1 cm³/mol. The molecule has 0 spiro atoms. The summed E-state index contributed by atoms with van der Waals surface area (Å²) < 4.78 is 5.32. The van der Waals surface area contributed by atoms with Crippen LogP contribution in [0.25, 0.3) is 0 Å². The molecular weight excluding hydrogens is 320 g/mol. The van der Waals surface area contributed by atoms with Gasteiger partial charge < -0.3 is 20.3 Å². The van der Waals surface area contributed by atoms with E-state index in [-0.39, 0.29) is 11.8 Å².